The molecule has 16 heavy (non-hydrogen) atoms. The SMILES string of the molecule is CC(C)NCC1CC1c1cc(F)ccc1F. The lowest BCUT2D eigenvalue weighted by atomic mass is 10.1. The Kier molecular flexibility index (Phi) is 3.24. The number of rotatable bonds is 4. The number of hydrogen-bond donors (Lipinski definition) is 1. The fraction of sp³-hybridized carbons (Fsp3) is 0.538. The summed E-state index contributed by atoms with van der Waals surface area (Å²) in [5.41, 5.74) is 0.538. The quantitative estimate of drug-likeness (QED) is 0.830. The number of nitrogens with one attached hydrogen (secondary N) is 1. The first-order valence-corrected chi connectivity index (χ1v) is 5.76. The molecule has 2 atom stereocenters. The monoisotopic (exact) mass is 225 g/mol. The van der Waals surface area contributed by atoms with Gasteiger partial charge in [0.2, 0.25) is 0 Å². The fourth-order valence-corrected chi connectivity index (χ4v) is 2.04. The summed E-state index contributed by atoms with van der Waals surface area (Å²) in [5.74, 6) is 0.0259. The number of halogens is 2. The van der Waals surface area contributed by atoms with Gasteiger partial charge in [-0.3, -0.25) is 0 Å². The molecule has 1 aromatic rings. The van der Waals surface area contributed by atoms with E-state index in [1.807, 2.05) is 0 Å². The Bertz CT molecular complexity index is 376. The maximum atomic E-state index is 13.4. The van der Waals surface area contributed by atoms with Gasteiger partial charge in [0.1, 0.15) is 11.6 Å². The summed E-state index contributed by atoms with van der Waals surface area (Å²) in [5, 5.41) is 3.33. The average Bonchev–Trinajstić information content (AvgIpc) is 2.98. The van der Waals surface area contributed by atoms with E-state index in [9.17, 15) is 8.78 Å². The first-order chi connectivity index (χ1) is 7.58. The molecule has 1 nitrogen and oxygen atoms in total. The van der Waals surface area contributed by atoms with E-state index in [1.54, 1.807) is 0 Å². The maximum Gasteiger partial charge on any atom is 0.126 e. The van der Waals surface area contributed by atoms with E-state index in [2.05, 4.69) is 19.2 Å². The van der Waals surface area contributed by atoms with Crippen molar-refractivity contribution in [2.24, 2.45) is 5.92 Å². The number of hydrogen-bond acceptors (Lipinski definition) is 1. The molecule has 0 spiro atoms. The third-order valence-electron chi connectivity index (χ3n) is 3.07. The van der Waals surface area contributed by atoms with Crippen molar-refractivity contribution < 1.29 is 8.78 Å². The van der Waals surface area contributed by atoms with Crippen LogP contribution < -0.4 is 5.32 Å². The normalized spacial score (nSPS) is 23.8. The van der Waals surface area contributed by atoms with Crippen molar-refractivity contribution in [1.29, 1.82) is 0 Å². The lowest BCUT2D eigenvalue weighted by Gasteiger charge is -2.07. The molecule has 0 radical (unpaired) electrons. The Balaban J connectivity index is 1.97. The second-order valence-electron chi connectivity index (χ2n) is 4.83. The molecular formula is C13H17F2N. The molecule has 1 N–H and O–H groups in total. The van der Waals surface area contributed by atoms with Gasteiger partial charge in [-0.15, -0.1) is 0 Å². The Morgan fingerprint density at radius 1 is 1.38 bits per heavy atom. The molecule has 0 bridgehead atoms. The first-order valence-electron chi connectivity index (χ1n) is 5.76. The third-order valence-corrected chi connectivity index (χ3v) is 3.07. The molecule has 1 saturated carbocycles. The van der Waals surface area contributed by atoms with Gasteiger partial charge in [0, 0.05) is 6.04 Å². The minimum absolute atomic E-state index is 0.196. The van der Waals surface area contributed by atoms with Gasteiger partial charge in [-0.2, -0.15) is 0 Å². The van der Waals surface area contributed by atoms with E-state index < -0.39 is 0 Å². The van der Waals surface area contributed by atoms with Crippen LogP contribution in [0.25, 0.3) is 0 Å². The third kappa shape index (κ3) is 2.59. The van der Waals surface area contributed by atoms with Crippen LogP contribution in [0, 0.1) is 17.6 Å². The summed E-state index contributed by atoms with van der Waals surface area (Å²) >= 11 is 0. The van der Waals surface area contributed by atoms with Crippen molar-refractivity contribution in [3.63, 3.8) is 0 Å². The predicted molar refractivity (Wildman–Crippen MR) is 60.3 cm³/mol. The molecule has 1 aliphatic rings. The highest BCUT2D eigenvalue weighted by molar-refractivity contribution is 5.28. The van der Waals surface area contributed by atoms with Crippen molar-refractivity contribution in [1.82, 2.24) is 5.32 Å². The molecule has 2 rings (SSSR count). The standard InChI is InChI=1S/C13H17F2N/c1-8(2)16-7-9-5-11(9)12-6-10(14)3-4-13(12)15/h3-4,6,8-9,11,16H,5,7H2,1-2H3. The average molecular weight is 225 g/mol. The molecule has 3 heteroatoms. The van der Waals surface area contributed by atoms with Crippen LogP contribution in [0.15, 0.2) is 18.2 Å². The van der Waals surface area contributed by atoms with E-state index in [0.717, 1.165) is 13.0 Å². The fourth-order valence-electron chi connectivity index (χ4n) is 2.04. The second kappa shape index (κ2) is 4.50. The van der Waals surface area contributed by atoms with Gasteiger partial charge in [-0.25, -0.2) is 8.78 Å². The van der Waals surface area contributed by atoms with Crippen LogP contribution in [0.4, 0.5) is 8.78 Å². The summed E-state index contributed by atoms with van der Waals surface area (Å²) in [6, 6.07) is 4.16. The molecule has 1 fully saturated rings. The Morgan fingerprint density at radius 3 is 2.81 bits per heavy atom. The van der Waals surface area contributed by atoms with Crippen LogP contribution >= 0.6 is 0 Å². The molecule has 1 aliphatic carbocycles. The summed E-state index contributed by atoms with van der Waals surface area (Å²) in [7, 11) is 0. The van der Waals surface area contributed by atoms with Crippen LogP contribution in [-0.2, 0) is 0 Å². The van der Waals surface area contributed by atoms with Gasteiger partial charge in [0.05, 0.1) is 0 Å². The molecule has 0 aliphatic heterocycles. The molecule has 0 heterocycles. The largest absolute Gasteiger partial charge is 0.314 e. The van der Waals surface area contributed by atoms with E-state index in [-0.39, 0.29) is 17.6 Å². The summed E-state index contributed by atoms with van der Waals surface area (Å²) in [6.45, 7) is 5.05. The highest BCUT2D eigenvalue weighted by Gasteiger charge is 2.39. The van der Waals surface area contributed by atoms with Crippen molar-refractivity contribution >= 4 is 0 Å². The highest BCUT2D eigenvalue weighted by Crippen LogP contribution is 2.47. The van der Waals surface area contributed by atoms with Gasteiger partial charge < -0.3 is 5.32 Å². The van der Waals surface area contributed by atoms with Crippen LogP contribution in [0.3, 0.4) is 0 Å². The molecule has 2 unspecified atom stereocenters. The Morgan fingerprint density at radius 2 is 2.12 bits per heavy atom. The zero-order valence-electron chi connectivity index (χ0n) is 9.63. The zero-order chi connectivity index (χ0) is 11.7. The zero-order valence-corrected chi connectivity index (χ0v) is 9.63. The minimum Gasteiger partial charge on any atom is -0.314 e. The molecule has 1 aromatic carbocycles. The smallest absolute Gasteiger partial charge is 0.126 e. The van der Waals surface area contributed by atoms with Gasteiger partial charge in [0.15, 0.2) is 0 Å². The molecule has 0 saturated heterocycles. The van der Waals surface area contributed by atoms with Crippen molar-refractivity contribution in [3.8, 4) is 0 Å². The predicted octanol–water partition coefficient (Wildman–Crippen LogP) is 3.07. The van der Waals surface area contributed by atoms with Gasteiger partial charge in [-0.05, 0) is 48.6 Å². The molecule has 88 valence electrons. The maximum absolute atomic E-state index is 13.4. The van der Waals surface area contributed by atoms with Crippen molar-refractivity contribution in [2.75, 3.05) is 6.54 Å². The molecule has 0 aromatic heterocycles. The lowest BCUT2D eigenvalue weighted by molar-refractivity contribution is 0.545. The topological polar surface area (TPSA) is 12.0 Å². The Hall–Kier alpha value is -0.960. The summed E-state index contributed by atoms with van der Waals surface area (Å²) < 4.78 is 26.4. The highest BCUT2D eigenvalue weighted by atomic mass is 19.1. The van der Waals surface area contributed by atoms with Gasteiger partial charge in [0.25, 0.3) is 0 Å². The van der Waals surface area contributed by atoms with E-state index in [0.29, 0.717) is 17.5 Å². The Labute approximate surface area is 94.9 Å². The van der Waals surface area contributed by atoms with Crippen LogP contribution in [0.1, 0.15) is 31.7 Å². The van der Waals surface area contributed by atoms with Gasteiger partial charge in [-0.1, -0.05) is 13.8 Å². The molecule has 0 amide bonds. The number of benzene rings is 1. The van der Waals surface area contributed by atoms with E-state index >= 15 is 0 Å². The van der Waals surface area contributed by atoms with E-state index in [1.165, 1.54) is 18.2 Å². The van der Waals surface area contributed by atoms with Crippen LogP contribution in [-0.4, -0.2) is 12.6 Å². The first kappa shape index (κ1) is 11.5. The van der Waals surface area contributed by atoms with Crippen LogP contribution in [0.2, 0.25) is 0 Å². The summed E-state index contributed by atoms with van der Waals surface area (Å²) in [4.78, 5) is 0. The van der Waals surface area contributed by atoms with Crippen molar-refractivity contribution in [2.45, 2.75) is 32.2 Å². The van der Waals surface area contributed by atoms with E-state index in [4.69, 9.17) is 0 Å². The second-order valence-corrected chi connectivity index (χ2v) is 4.83. The van der Waals surface area contributed by atoms with Crippen molar-refractivity contribution in [3.05, 3.63) is 35.4 Å². The van der Waals surface area contributed by atoms with Crippen LogP contribution in [0.5, 0.6) is 0 Å². The minimum atomic E-state index is -0.348. The molecular weight excluding hydrogens is 208 g/mol. The summed E-state index contributed by atoms with van der Waals surface area (Å²) in [6.07, 6.45) is 0.958. The van der Waals surface area contributed by atoms with Gasteiger partial charge >= 0.3 is 0 Å². The lowest BCUT2D eigenvalue weighted by Crippen LogP contribution is -2.25.